The quantitative estimate of drug-likeness (QED) is 0.483. The predicted octanol–water partition coefficient (Wildman–Crippen LogP) is 4.89. The van der Waals surface area contributed by atoms with Crippen molar-refractivity contribution in [1.82, 2.24) is 14.8 Å². The van der Waals surface area contributed by atoms with Gasteiger partial charge in [0.15, 0.2) is 0 Å². The summed E-state index contributed by atoms with van der Waals surface area (Å²) < 4.78 is 2.07. The summed E-state index contributed by atoms with van der Waals surface area (Å²) in [5, 5.41) is 13.5. The number of nitrogens with zero attached hydrogens (tertiary/aromatic N) is 2. The van der Waals surface area contributed by atoms with E-state index in [-0.39, 0.29) is 29.7 Å². The van der Waals surface area contributed by atoms with Crippen LogP contribution in [0, 0.1) is 11.3 Å². The highest BCUT2D eigenvalue weighted by Crippen LogP contribution is 2.34. The number of aliphatic carboxylic acids is 1. The highest BCUT2D eigenvalue weighted by atomic mass is 16.4. The number of carbonyl (C=O) groups excluding carboxylic acids is 2. The molecular weight excluding hydrogens is 454 g/mol. The van der Waals surface area contributed by atoms with Crippen molar-refractivity contribution in [3.63, 3.8) is 0 Å². The van der Waals surface area contributed by atoms with Crippen LogP contribution in [0.1, 0.15) is 67.4 Å². The van der Waals surface area contributed by atoms with Gasteiger partial charge in [-0.2, -0.15) is 0 Å². The number of hydrogen-bond acceptors (Lipinski definition) is 3. The van der Waals surface area contributed by atoms with E-state index in [0.717, 1.165) is 16.5 Å². The van der Waals surface area contributed by atoms with Gasteiger partial charge in [-0.3, -0.25) is 9.59 Å². The standard InChI is InChI=1S/C29H43N3O4/c1-18(2)23(15-19(3)27(35)36)32(10)26(34)25(28(4,5)6)30-24(33)16-29(7,8)21-17-31(9)22-14-12-11-13-20(21)22/h11-15,17-18,23,25H,16H2,1-10H3,(H,30,33)(H,35,36)/b19-15+. The minimum atomic E-state index is -1.02. The Morgan fingerprint density at radius 1 is 1.11 bits per heavy atom. The molecule has 0 fully saturated rings. The molecule has 2 amide bonds. The summed E-state index contributed by atoms with van der Waals surface area (Å²) >= 11 is 0. The highest BCUT2D eigenvalue weighted by molar-refractivity contribution is 5.91. The number of para-hydroxylation sites is 1. The number of hydrogen-bond donors (Lipinski definition) is 2. The van der Waals surface area contributed by atoms with Crippen molar-refractivity contribution < 1.29 is 19.5 Å². The summed E-state index contributed by atoms with van der Waals surface area (Å²) in [6.07, 6.45) is 3.90. The summed E-state index contributed by atoms with van der Waals surface area (Å²) in [5.41, 5.74) is 1.37. The lowest BCUT2D eigenvalue weighted by Gasteiger charge is -2.38. The number of carboxylic acid groups (broad SMARTS) is 1. The molecule has 2 unspecified atom stereocenters. The Labute approximate surface area is 215 Å². The summed E-state index contributed by atoms with van der Waals surface area (Å²) in [5.74, 6) is -1.47. The summed E-state index contributed by atoms with van der Waals surface area (Å²) in [4.78, 5) is 40.0. The smallest absolute Gasteiger partial charge is 0.331 e. The first-order chi connectivity index (χ1) is 16.5. The van der Waals surface area contributed by atoms with Gasteiger partial charge >= 0.3 is 5.97 Å². The van der Waals surface area contributed by atoms with Crippen LogP contribution in [0.5, 0.6) is 0 Å². The van der Waals surface area contributed by atoms with Gasteiger partial charge in [0, 0.05) is 48.6 Å². The van der Waals surface area contributed by atoms with Gasteiger partial charge in [-0.15, -0.1) is 0 Å². The molecular formula is C29H43N3O4. The van der Waals surface area contributed by atoms with Crippen LogP contribution in [0.2, 0.25) is 0 Å². The van der Waals surface area contributed by atoms with Gasteiger partial charge in [0.25, 0.3) is 0 Å². The van der Waals surface area contributed by atoms with Gasteiger partial charge in [0.05, 0.1) is 6.04 Å². The van der Waals surface area contributed by atoms with Crippen molar-refractivity contribution in [3.05, 3.63) is 47.7 Å². The van der Waals surface area contributed by atoms with E-state index in [1.54, 1.807) is 18.0 Å². The van der Waals surface area contributed by atoms with Crippen molar-refractivity contribution in [2.24, 2.45) is 18.4 Å². The number of carbonyl (C=O) groups is 3. The molecule has 36 heavy (non-hydrogen) atoms. The highest BCUT2D eigenvalue weighted by Gasteiger charge is 2.38. The number of benzene rings is 1. The maximum Gasteiger partial charge on any atom is 0.331 e. The van der Waals surface area contributed by atoms with Gasteiger partial charge in [-0.05, 0) is 29.9 Å². The van der Waals surface area contributed by atoms with Crippen LogP contribution in [-0.2, 0) is 26.8 Å². The fourth-order valence-corrected chi connectivity index (χ4v) is 4.67. The maximum absolute atomic E-state index is 13.7. The van der Waals surface area contributed by atoms with Crippen LogP contribution >= 0.6 is 0 Å². The second-order valence-corrected chi connectivity index (χ2v) is 11.9. The number of aryl methyl sites for hydroxylation is 1. The fourth-order valence-electron chi connectivity index (χ4n) is 4.67. The molecule has 2 atom stereocenters. The third-order valence-corrected chi connectivity index (χ3v) is 6.88. The number of fused-ring (bicyclic) bond motifs is 1. The lowest BCUT2D eigenvalue weighted by atomic mass is 9.80. The van der Waals surface area contributed by atoms with Crippen LogP contribution in [-0.4, -0.2) is 51.5 Å². The molecule has 0 radical (unpaired) electrons. The Kier molecular flexibility index (Phi) is 8.82. The largest absolute Gasteiger partial charge is 0.478 e. The molecule has 7 nitrogen and oxygen atoms in total. The van der Waals surface area contributed by atoms with Gasteiger partial charge in [-0.25, -0.2) is 4.79 Å². The first-order valence-corrected chi connectivity index (χ1v) is 12.5. The fraction of sp³-hybridized carbons (Fsp3) is 0.552. The van der Waals surface area contributed by atoms with Crippen molar-refractivity contribution in [3.8, 4) is 0 Å². The molecule has 198 valence electrons. The van der Waals surface area contributed by atoms with Crippen LogP contribution in [0.4, 0.5) is 0 Å². The lowest BCUT2D eigenvalue weighted by molar-refractivity contribution is -0.140. The average Bonchev–Trinajstić information content (AvgIpc) is 3.11. The molecule has 0 aliphatic heterocycles. The van der Waals surface area contributed by atoms with E-state index in [1.165, 1.54) is 6.92 Å². The molecule has 0 aliphatic rings. The van der Waals surface area contributed by atoms with Gasteiger partial charge < -0.3 is 19.9 Å². The minimum Gasteiger partial charge on any atom is -0.478 e. The Balaban J connectivity index is 2.30. The van der Waals surface area contributed by atoms with Gasteiger partial charge in [0.1, 0.15) is 6.04 Å². The monoisotopic (exact) mass is 497 g/mol. The molecule has 1 aromatic carbocycles. The Morgan fingerprint density at radius 3 is 2.22 bits per heavy atom. The van der Waals surface area contributed by atoms with Crippen molar-refractivity contribution in [2.75, 3.05) is 7.05 Å². The van der Waals surface area contributed by atoms with E-state index in [2.05, 4.69) is 28.2 Å². The second kappa shape index (κ2) is 10.9. The number of aromatic nitrogens is 1. The van der Waals surface area contributed by atoms with Crippen LogP contribution < -0.4 is 5.32 Å². The topological polar surface area (TPSA) is 91.6 Å². The zero-order valence-electron chi connectivity index (χ0n) is 23.5. The molecule has 0 saturated carbocycles. The van der Waals surface area contributed by atoms with Crippen LogP contribution in [0.3, 0.4) is 0 Å². The number of rotatable bonds is 9. The molecule has 0 bridgehead atoms. The summed E-state index contributed by atoms with van der Waals surface area (Å²) in [7, 11) is 3.67. The number of nitrogens with one attached hydrogen (secondary N) is 1. The normalized spacial score (nSPS) is 14.6. The molecule has 0 spiro atoms. The molecule has 0 saturated heterocycles. The lowest BCUT2D eigenvalue weighted by Crippen LogP contribution is -2.56. The summed E-state index contributed by atoms with van der Waals surface area (Å²) in [6.45, 7) is 15.3. The average molecular weight is 498 g/mol. The second-order valence-electron chi connectivity index (χ2n) is 11.9. The Morgan fingerprint density at radius 2 is 1.69 bits per heavy atom. The van der Waals surface area contributed by atoms with E-state index in [0.29, 0.717) is 0 Å². The molecule has 2 rings (SSSR count). The Bertz CT molecular complexity index is 1150. The molecule has 1 heterocycles. The molecule has 2 aromatic rings. The number of likely N-dealkylation sites (N-methyl/N-ethyl adjacent to an activating group) is 1. The third kappa shape index (κ3) is 6.56. The predicted molar refractivity (Wildman–Crippen MR) is 145 cm³/mol. The van der Waals surface area contributed by atoms with Crippen LogP contribution in [0.15, 0.2) is 42.1 Å². The number of amides is 2. The SMILES string of the molecule is C/C(=C\C(C(C)C)N(C)C(=O)C(NC(=O)CC(C)(C)c1cn(C)c2ccccc12)C(C)(C)C)C(=O)O. The minimum absolute atomic E-state index is 0.00475. The van der Waals surface area contributed by atoms with E-state index in [9.17, 15) is 19.5 Å². The molecule has 7 heteroatoms. The van der Waals surface area contributed by atoms with E-state index in [1.807, 2.05) is 67.6 Å². The Hall–Kier alpha value is -3.09. The third-order valence-electron chi connectivity index (χ3n) is 6.88. The zero-order valence-corrected chi connectivity index (χ0v) is 23.5. The van der Waals surface area contributed by atoms with E-state index in [4.69, 9.17) is 0 Å². The van der Waals surface area contributed by atoms with Crippen molar-refractivity contribution >= 4 is 28.7 Å². The number of carboxylic acids is 1. The molecule has 0 aliphatic carbocycles. The van der Waals surface area contributed by atoms with E-state index < -0.39 is 28.9 Å². The first kappa shape index (κ1) is 29.1. The molecule has 1 aromatic heterocycles. The van der Waals surface area contributed by atoms with Crippen molar-refractivity contribution in [2.45, 2.75) is 79.3 Å². The van der Waals surface area contributed by atoms with Gasteiger partial charge in [0.2, 0.25) is 11.8 Å². The van der Waals surface area contributed by atoms with Gasteiger partial charge in [-0.1, -0.05) is 72.7 Å². The van der Waals surface area contributed by atoms with Crippen LogP contribution in [0.25, 0.3) is 10.9 Å². The maximum atomic E-state index is 13.7. The first-order valence-electron chi connectivity index (χ1n) is 12.5. The van der Waals surface area contributed by atoms with Crippen molar-refractivity contribution in [1.29, 1.82) is 0 Å². The molecule has 2 N–H and O–H groups in total. The van der Waals surface area contributed by atoms with E-state index >= 15 is 0 Å². The zero-order chi connectivity index (χ0) is 27.6. The summed E-state index contributed by atoms with van der Waals surface area (Å²) in [6, 6.07) is 6.95.